The SMILES string of the molecule is CS(=O)(=O)c1cc(F)cc2c3c(n(Cc4ccc(Cl)cc4)c12)[C@@H](CC(=O)O)CC3.[Na]. The molecule has 4 rings (SSSR count). The minimum Gasteiger partial charge on any atom is -0.481 e. The summed E-state index contributed by atoms with van der Waals surface area (Å²) in [7, 11) is -3.70. The number of nitrogens with zero attached hydrogens (tertiary/aromatic N) is 1. The second kappa shape index (κ2) is 8.63. The first-order chi connectivity index (χ1) is 13.6. The fourth-order valence-electron chi connectivity index (χ4n) is 4.32. The minimum atomic E-state index is -3.70. The van der Waals surface area contributed by atoms with Gasteiger partial charge in [-0.25, -0.2) is 12.8 Å². The molecule has 0 bridgehead atoms. The number of halogens is 2. The zero-order valence-corrected chi connectivity index (χ0v) is 20.2. The number of fused-ring (bicyclic) bond motifs is 3. The fourth-order valence-corrected chi connectivity index (χ4v) is 5.34. The topological polar surface area (TPSA) is 76.4 Å². The van der Waals surface area contributed by atoms with Gasteiger partial charge in [-0.15, -0.1) is 0 Å². The molecule has 30 heavy (non-hydrogen) atoms. The normalized spacial score (nSPS) is 15.8. The standard InChI is InChI=1S/C21H19ClFNO4S.Na/c1-29(27,28)18-10-15(23)9-17-16-7-4-13(8-19(25)26)20(16)24(21(17)18)11-12-2-5-14(22)6-3-12;/h2-3,5-6,9-10,13H,4,7-8,11H2,1H3,(H,25,26);/t13-;/m1./s1. The summed E-state index contributed by atoms with van der Waals surface area (Å²) in [5, 5.41) is 10.5. The number of hydrogen-bond donors (Lipinski definition) is 1. The Kier molecular flexibility index (Phi) is 6.70. The molecule has 3 aromatic rings. The first-order valence-electron chi connectivity index (χ1n) is 9.16. The molecule has 1 aliphatic carbocycles. The molecule has 1 heterocycles. The number of carbonyl (C=O) groups is 1. The van der Waals surface area contributed by atoms with Gasteiger partial charge in [-0.2, -0.15) is 0 Å². The average Bonchev–Trinajstić information content (AvgIpc) is 3.15. The molecule has 1 radical (unpaired) electrons. The van der Waals surface area contributed by atoms with Crippen molar-refractivity contribution in [3.63, 3.8) is 0 Å². The van der Waals surface area contributed by atoms with Crippen LogP contribution in [0.5, 0.6) is 0 Å². The van der Waals surface area contributed by atoms with E-state index in [1.54, 1.807) is 12.1 Å². The summed E-state index contributed by atoms with van der Waals surface area (Å²) in [5.74, 6) is -1.79. The maximum atomic E-state index is 14.3. The zero-order chi connectivity index (χ0) is 20.9. The number of aromatic nitrogens is 1. The predicted molar refractivity (Wildman–Crippen MR) is 115 cm³/mol. The molecule has 0 saturated heterocycles. The van der Waals surface area contributed by atoms with Gasteiger partial charge in [-0.05, 0) is 48.2 Å². The second-order valence-electron chi connectivity index (χ2n) is 7.48. The summed E-state index contributed by atoms with van der Waals surface area (Å²) in [5.41, 5.74) is 2.94. The van der Waals surface area contributed by atoms with Crippen molar-refractivity contribution in [2.24, 2.45) is 0 Å². The molecule has 0 amide bonds. The van der Waals surface area contributed by atoms with Crippen LogP contribution < -0.4 is 0 Å². The third-order valence-electron chi connectivity index (χ3n) is 5.44. The summed E-state index contributed by atoms with van der Waals surface area (Å²) in [6.45, 7) is 0.341. The zero-order valence-electron chi connectivity index (χ0n) is 16.7. The van der Waals surface area contributed by atoms with Gasteiger partial charge in [0, 0.05) is 64.4 Å². The van der Waals surface area contributed by atoms with Crippen LogP contribution in [-0.4, -0.2) is 59.9 Å². The van der Waals surface area contributed by atoms with Crippen molar-refractivity contribution in [2.75, 3.05) is 6.26 Å². The van der Waals surface area contributed by atoms with E-state index in [9.17, 15) is 22.7 Å². The number of hydrogen-bond acceptors (Lipinski definition) is 3. The molecule has 1 aromatic heterocycles. The Morgan fingerprint density at radius 2 is 1.93 bits per heavy atom. The van der Waals surface area contributed by atoms with Gasteiger partial charge in [0.25, 0.3) is 0 Å². The second-order valence-corrected chi connectivity index (χ2v) is 9.90. The Morgan fingerprint density at radius 3 is 2.53 bits per heavy atom. The van der Waals surface area contributed by atoms with Crippen LogP contribution in [0.25, 0.3) is 10.9 Å². The monoisotopic (exact) mass is 458 g/mol. The van der Waals surface area contributed by atoms with E-state index < -0.39 is 21.6 Å². The van der Waals surface area contributed by atoms with Gasteiger partial charge in [0.2, 0.25) is 0 Å². The van der Waals surface area contributed by atoms with Crippen molar-refractivity contribution in [3.05, 3.63) is 64.1 Å². The van der Waals surface area contributed by atoms with Gasteiger partial charge in [0.15, 0.2) is 9.84 Å². The molecule has 1 N–H and O–H groups in total. The molecule has 153 valence electrons. The number of aryl methyl sites for hydroxylation is 1. The summed E-state index contributed by atoms with van der Waals surface area (Å²) in [4.78, 5) is 11.3. The number of benzene rings is 2. The molecule has 0 saturated carbocycles. The van der Waals surface area contributed by atoms with Crippen molar-refractivity contribution < 1.29 is 22.7 Å². The number of rotatable bonds is 5. The fraction of sp³-hybridized carbons (Fsp3) is 0.286. The van der Waals surface area contributed by atoms with E-state index >= 15 is 0 Å². The van der Waals surface area contributed by atoms with Crippen molar-refractivity contribution in [1.82, 2.24) is 4.57 Å². The molecule has 0 fully saturated rings. The molecule has 1 atom stereocenters. The van der Waals surface area contributed by atoms with E-state index in [0.29, 0.717) is 35.3 Å². The average molecular weight is 459 g/mol. The van der Waals surface area contributed by atoms with E-state index in [4.69, 9.17) is 11.6 Å². The number of carboxylic acid groups (broad SMARTS) is 1. The molecule has 0 spiro atoms. The van der Waals surface area contributed by atoms with Gasteiger partial charge in [0.05, 0.1) is 16.8 Å². The number of sulfone groups is 1. The Morgan fingerprint density at radius 1 is 1.27 bits per heavy atom. The molecule has 0 unspecified atom stereocenters. The van der Waals surface area contributed by atoms with Crippen molar-refractivity contribution in [3.8, 4) is 0 Å². The quantitative estimate of drug-likeness (QED) is 0.586. The molecule has 0 aliphatic heterocycles. The Labute approximate surface area is 201 Å². The molecule has 2 aromatic carbocycles. The van der Waals surface area contributed by atoms with Crippen molar-refractivity contribution in [1.29, 1.82) is 0 Å². The van der Waals surface area contributed by atoms with Gasteiger partial charge in [-0.1, -0.05) is 23.7 Å². The molecule has 5 nitrogen and oxygen atoms in total. The van der Waals surface area contributed by atoms with Crippen LogP contribution in [0.3, 0.4) is 0 Å². The maximum Gasteiger partial charge on any atom is 0.304 e. The maximum absolute atomic E-state index is 14.3. The Balaban J connectivity index is 0.00000256. The summed E-state index contributed by atoms with van der Waals surface area (Å²) in [6.07, 6.45) is 2.23. The Bertz CT molecular complexity index is 1240. The first-order valence-corrected chi connectivity index (χ1v) is 11.4. The number of carboxylic acids is 1. The summed E-state index contributed by atoms with van der Waals surface area (Å²) >= 11 is 5.97. The van der Waals surface area contributed by atoms with E-state index in [-0.39, 0.29) is 46.8 Å². The van der Waals surface area contributed by atoms with E-state index in [1.165, 1.54) is 6.07 Å². The van der Waals surface area contributed by atoms with Gasteiger partial charge in [0.1, 0.15) is 5.82 Å². The molecule has 1 aliphatic rings. The van der Waals surface area contributed by atoms with Crippen LogP contribution in [-0.2, 0) is 27.6 Å². The Hall–Kier alpha value is -1.38. The van der Waals surface area contributed by atoms with E-state index in [1.807, 2.05) is 16.7 Å². The third kappa shape index (κ3) is 4.32. The van der Waals surface area contributed by atoms with Crippen molar-refractivity contribution in [2.45, 2.75) is 36.6 Å². The smallest absolute Gasteiger partial charge is 0.304 e. The molecule has 9 heteroatoms. The van der Waals surface area contributed by atoms with Crippen LogP contribution in [0.15, 0.2) is 41.3 Å². The van der Waals surface area contributed by atoms with E-state index in [0.717, 1.165) is 29.1 Å². The first kappa shape index (κ1) is 23.3. The van der Waals surface area contributed by atoms with Crippen LogP contribution in [0.4, 0.5) is 4.39 Å². The van der Waals surface area contributed by atoms with Crippen LogP contribution >= 0.6 is 11.6 Å². The van der Waals surface area contributed by atoms with Crippen molar-refractivity contribution >= 4 is 67.9 Å². The van der Waals surface area contributed by atoms with Crippen LogP contribution in [0.2, 0.25) is 5.02 Å². The number of aliphatic carboxylic acids is 1. The van der Waals surface area contributed by atoms with Gasteiger partial charge >= 0.3 is 5.97 Å². The molecular formula is C21H19ClFNNaO4S. The van der Waals surface area contributed by atoms with Crippen LogP contribution in [0, 0.1) is 5.82 Å². The van der Waals surface area contributed by atoms with Gasteiger partial charge < -0.3 is 9.67 Å². The van der Waals surface area contributed by atoms with E-state index in [2.05, 4.69) is 0 Å². The van der Waals surface area contributed by atoms with Crippen LogP contribution in [0.1, 0.15) is 35.6 Å². The largest absolute Gasteiger partial charge is 0.481 e. The molecular weight excluding hydrogens is 440 g/mol. The summed E-state index contributed by atoms with van der Waals surface area (Å²) < 4.78 is 41.0. The van der Waals surface area contributed by atoms with Gasteiger partial charge in [-0.3, -0.25) is 4.79 Å². The minimum absolute atomic E-state index is 0. The third-order valence-corrected chi connectivity index (χ3v) is 6.80. The summed E-state index contributed by atoms with van der Waals surface area (Å²) in [6, 6.07) is 9.56. The predicted octanol–water partition coefficient (Wildman–Crippen LogP) is 4.01.